The van der Waals surface area contributed by atoms with Crippen LogP contribution in [0.25, 0.3) is 33.1 Å². The van der Waals surface area contributed by atoms with E-state index in [1.165, 1.54) is 22.3 Å². The van der Waals surface area contributed by atoms with Gasteiger partial charge in [-0.25, -0.2) is 0 Å². The monoisotopic (exact) mass is 375 g/mol. The van der Waals surface area contributed by atoms with Crippen molar-refractivity contribution in [3.8, 4) is 11.1 Å². The van der Waals surface area contributed by atoms with Crippen LogP contribution in [0.2, 0.25) is 0 Å². The van der Waals surface area contributed by atoms with Crippen molar-refractivity contribution >= 4 is 33.3 Å². The molecule has 6 rings (SSSR count). The highest BCUT2D eigenvalue weighted by Gasteiger charge is 2.36. The average Bonchev–Trinajstić information content (AvgIpc) is 3.22. The molecule has 1 aliphatic carbocycles. The highest BCUT2D eigenvalue weighted by molar-refractivity contribution is 6.06. The van der Waals surface area contributed by atoms with E-state index >= 15 is 0 Å². The van der Waals surface area contributed by atoms with Gasteiger partial charge in [-0.05, 0) is 41.0 Å². The Hall–Kier alpha value is -3.52. The molecule has 4 aromatic carbocycles. The Morgan fingerprint density at radius 3 is 2.38 bits per heavy atom. The van der Waals surface area contributed by atoms with E-state index in [1.807, 2.05) is 12.1 Å². The van der Waals surface area contributed by atoms with Crippen molar-refractivity contribution in [2.75, 3.05) is 5.32 Å². The van der Waals surface area contributed by atoms with Gasteiger partial charge >= 0.3 is 0 Å². The molecule has 2 nitrogen and oxygen atoms in total. The van der Waals surface area contributed by atoms with Crippen molar-refractivity contribution in [3.05, 3.63) is 96.1 Å². The number of para-hydroxylation sites is 1. The fraction of sp³-hybridized carbons (Fsp3) is 0.111. The van der Waals surface area contributed by atoms with Gasteiger partial charge in [0.05, 0.1) is 0 Å². The Morgan fingerprint density at radius 2 is 1.45 bits per heavy atom. The van der Waals surface area contributed by atoms with Crippen molar-refractivity contribution in [2.45, 2.75) is 19.3 Å². The normalized spacial score (nSPS) is 14.1. The van der Waals surface area contributed by atoms with E-state index in [0.29, 0.717) is 0 Å². The highest BCUT2D eigenvalue weighted by Crippen LogP contribution is 2.51. The number of anilines is 2. The molecule has 5 aromatic rings. The first kappa shape index (κ1) is 16.4. The summed E-state index contributed by atoms with van der Waals surface area (Å²) in [6.07, 6.45) is 0. The van der Waals surface area contributed by atoms with Crippen LogP contribution in [0, 0.1) is 0 Å². The molecule has 2 heteroatoms. The molecule has 0 unspecified atom stereocenters. The number of hydrogen-bond donors (Lipinski definition) is 1. The van der Waals surface area contributed by atoms with Crippen LogP contribution < -0.4 is 5.32 Å². The molecule has 0 aliphatic heterocycles. The maximum Gasteiger partial charge on any atom is 0.137 e. The summed E-state index contributed by atoms with van der Waals surface area (Å²) in [7, 11) is 0. The number of fused-ring (bicyclic) bond motifs is 6. The van der Waals surface area contributed by atoms with E-state index in [-0.39, 0.29) is 5.41 Å². The molecule has 0 spiro atoms. The summed E-state index contributed by atoms with van der Waals surface area (Å²) >= 11 is 0. The fourth-order valence-corrected chi connectivity index (χ4v) is 4.82. The topological polar surface area (TPSA) is 25.2 Å². The van der Waals surface area contributed by atoms with Gasteiger partial charge in [0.25, 0.3) is 0 Å². The summed E-state index contributed by atoms with van der Waals surface area (Å²) in [5.41, 5.74) is 9.39. The minimum Gasteiger partial charge on any atom is -0.456 e. The largest absolute Gasteiger partial charge is 0.456 e. The average molecular weight is 375 g/mol. The molecule has 0 saturated carbocycles. The third kappa shape index (κ3) is 2.29. The Labute approximate surface area is 169 Å². The summed E-state index contributed by atoms with van der Waals surface area (Å²) in [5, 5.41) is 5.97. The van der Waals surface area contributed by atoms with E-state index in [4.69, 9.17) is 4.42 Å². The lowest BCUT2D eigenvalue weighted by Gasteiger charge is -2.21. The van der Waals surface area contributed by atoms with Crippen molar-refractivity contribution < 1.29 is 4.42 Å². The fourth-order valence-electron chi connectivity index (χ4n) is 4.82. The quantitative estimate of drug-likeness (QED) is 0.343. The standard InChI is InChI=1S/C27H21NO/c1-27(2)21-10-5-3-9-20(21)26-22(27)11-7-12-23(26)28-17-14-15-19-18-8-4-6-13-24(18)29-25(19)16-17/h3-16,28H,1-2H3. The predicted octanol–water partition coefficient (Wildman–Crippen LogP) is 7.64. The second kappa shape index (κ2) is 5.74. The van der Waals surface area contributed by atoms with Crippen LogP contribution in [0.3, 0.4) is 0 Å². The van der Waals surface area contributed by atoms with Gasteiger partial charge in [-0.2, -0.15) is 0 Å². The number of nitrogens with one attached hydrogen (secondary N) is 1. The second-order valence-corrected chi connectivity index (χ2v) is 8.33. The molecule has 1 aliphatic rings. The third-order valence-corrected chi connectivity index (χ3v) is 6.27. The molecule has 1 aromatic heterocycles. The molecule has 0 amide bonds. The minimum atomic E-state index is 0.00626. The lowest BCUT2D eigenvalue weighted by molar-refractivity contribution is 0.660. The molecule has 0 atom stereocenters. The van der Waals surface area contributed by atoms with Crippen molar-refractivity contribution in [1.29, 1.82) is 0 Å². The molecule has 0 radical (unpaired) electrons. The first-order valence-electron chi connectivity index (χ1n) is 10.0. The summed E-state index contributed by atoms with van der Waals surface area (Å²) in [6, 6.07) is 29.9. The lowest BCUT2D eigenvalue weighted by Crippen LogP contribution is -2.14. The molecule has 1 heterocycles. The van der Waals surface area contributed by atoms with Gasteiger partial charge in [-0.15, -0.1) is 0 Å². The van der Waals surface area contributed by atoms with E-state index in [9.17, 15) is 0 Å². The Balaban J connectivity index is 1.49. The van der Waals surface area contributed by atoms with Crippen LogP contribution in [0.5, 0.6) is 0 Å². The molecule has 0 bridgehead atoms. The number of furan rings is 1. The van der Waals surface area contributed by atoms with Gasteiger partial charge in [-0.3, -0.25) is 0 Å². The van der Waals surface area contributed by atoms with E-state index in [0.717, 1.165) is 33.3 Å². The zero-order valence-corrected chi connectivity index (χ0v) is 16.5. The summed E-state index contributed by atoms with van der Waals surface area (Å²) in [4.78, 5) is 0. The van der Waals surface area contributed by atoms with E-state index < -0.39 is 0 Å². The third-order valence-electron chi connectivity index (χ3n) is 6.27. The number of hydrogen-bond acceptors (Lipinski definition) is 2. The summed E-state index contributed by atoms with van der Waals surface area (Å²) < 4.78 is 6.07. The maximum atomic E-state index is 6.07. The van der Waals surface area contributed by atoms with Crippen LogP contribution in [0.4, 0.5) is 11.4 Å². The molecule has 29 heavy (non-hydrogen) atoms. The van der Waals surface area contributed by atoms with Gasteiger partial charge in [0.2, 0.25) is 0 Å². The van der Waals surface area contributed by atoms with E-state index in [2.05, 4.69) is 92.0 Å². The van der Waals surface area contributed by atoms with Crippen molar-refractivity contribution in [2.24, 2.45) is 0 Å². The van der Waals surface area contributed by atoms with Crippen LogP contribution in [-0.2, 0) is 5.41 Å². The van der Waals surface area contributed by atoms with Crippen LogP contribution in [0.1, 0.15) is 25.0 Å². The smallest absolute Gasteiger partial charge is 0.137 e. The van der Waals surface area contributed by atoms with E-state index in [1.54, 1.807) is 0 Å². The number of rotatable bonds is 2. The maximum absolute atomic E-state index is 6.07. The second-order valence-electron chi connectivity index (χ2n) is 8.33. The predicted molar refractivity (Wildman–Crippen MR) is 121 cm³/mol. The van der Waals surface area contributed by atoms with Gasteiger partial charge < -0.3 is 9.73 Å². The van der Waals surface area contributed by atoms with Gasteiger partial charge in [0.1, 0.15) is 11.2 Å². The lowest BCUT2D eigenvalue weighted by atomic mass is 9.82. The van der Waals surface area contributed by atoms with Gasteiger partial charge in [-0.1, -0.05) is 68.4 Å². The Morgan fingerprint density at radius 1 is 0.690 bits per heavy atom. The molecular formula is C27H21NO. The van der Waals surface area contributed by atoms with Gasteiger partial charge in [0, 0.05) is 39.2 Å². The van der Waals surface area contributed by atoms with Gasteiger partial charge in [0.15, 0.2) is 0 Å². The molecular weight excluding hydrogens is 354 g/mol. The van der Waals surface area contributed by atoms with Crippen LogP contribution in [0.15, 0.2) is 89.3 Å². The zero-order valence-electron chi connectivity index (χ0n) is 16.5. The van der Waals surface area contributed by atoms with Crippen molar-refractivity contribution in [1.82, 2.24) is 0 Å². The van der Waals surface area contributed by atoms with Crippen molar-refractivity contribution in [3.63, 3.8) is 0 Å². The molecule has 1 N–H and O–H groups in total. The Kier molecular flexibility index (Phi) is 3.25. The number of benzene rings is 4. The first-order chi connectivity index (χ1) is 14.1. The summed E-state index contributed by atoms with van der Waals surface area (Å²) in [5.74, 6) is 0. The van der Waals surface area contributed by atoms with Crippen LogP contribution in [-0.4, -0.2) is 0 Å². The first-order valence-corrected chi connectivity index (χ1v) is 10.0. The molecule has 140 valence electrons. The zero-order chi connectivity index (χ0) is 19.6. The minimum absolute atomic E-state index is 0.00626. The summed E-state index contributed by atoms with van der Waals surface area (Å²) in [6.45, 7) is 4.61. The van der Waals surface area contributed by atoms with Crippen LogP contribution >= 0.6 is 0 Å². The molecule has 0 saturated heterocycles. The Bertz CT molecular complexity index is 1410. The SMILES string of the molecule is CC1(C)c2ccccc2-c2c(Nc3ccc4c(c3)oc3ccccc34)cccc21. The highest BCUT2D eigenvalue weighted by atomic mass is 16.3. The molecule has 0 fully saturated rings.